The number of hydrogen-bond donors (Lipinski definition) is 0. The summed E-state index contributed by atoms with van der Waals surface area (Å²) in [5, 5.41) is 5.04. The molecule has 3 heteroatoms. The van der Waals surface area contributed by atoms with E-state index in [1.54, 1.807) is 0 Å². The second-order valence-electron chi connectivity index (χ2n) is 11.3. The average Bonchev–Trinajstić information content (AvgIpc) is 3.39. The molecule has 44 heavy (non-hydrogen) atoms. The highest BCUT2D eigenvalue weighted by atomic mass is 15.2. The maximum Gasteiger partial charge on any atom is 0.294 e. The fraction of sp³-hybridized carbons (Fsp3) is 0.0488. The van der Waals surface area contributed by atoms with Crippen LogP contribution in [-0.4, -0.2) is 4.57 Å². The number of para-hydroxylation sites is 4. The normalized spacial score (nSPS) is 11.4. The number of aryl methyl sites for hydroxylation is 2. The van der Waals surface area contributed by atoms with Gasteiger partial charge in [-0.2, -0.15) is 4.57 Å². The lowest BCUT2D eigenvalue weighted by atomic mass is 9.94. The highest BCUT2D eigenvalue weighted by molar-refractivity contribution is 6.16. The summed E-state index contributed by atoms with van der Waals surface area (Å²) in [5.74, 6) is 1.14. The second kappa shape index (κ2) is 10.6. The molecule has 1 aromatic heterocycles. The molecule has 0 amide bonds. The first-order chi connectivity index (χ1) is 21.7. The Morgan fingerprint density at radius 1 is 0.500 bits per heavy atom. The summed E-state index contributed by atoms with van der Waals surface area (Å²) in [6.07, 6.45) is 0. The van der Waals surface area contributed by atoms with Crippen LogP contribution in [0, 0.1) is 6.92 Å². The van der Waals surface area contributed by atoms with Crippen molar-refractivity contribution < 1.29 is 4.57 Å². The van der Waals surface area contributed by atoms with E-state index in [1.807, 2.05) is 0 Å². The van der Waals surface area contributed by atoms with E-state index in [0.29, 0.717) is 0 Å². The minimum absolute atomic E-state index is 1.11. The van der Waals surface area contributed by atoms with Gasteiger partial charge in [-0.05, 0) is 83.9 Å². The molecule has 1 heterocycles. The van der Waals surface area contributed by atoms with Crippen LogP contribution in [0.15, 0.2) is 158 Å². The molecule has 210 valence electrons. The first-order valence-electron chi connectivity index (χ1n) is 15.1. The molecule has 0 saturated heterocycles. The zero-order valence-electron chi connectivity index (χ0n) is 24.9. The molecule has 8 rings (SSSR count). The SMILES string of the molecule is Cc1c2ccccc2c(N(c2ccccc2)c2ccc(-c3n(-c4ccccc4)c4ccccc4[n+]3C)cc2)c2ccccc12. The molecule has 0 atom stereocenters. The van der Waals surface area contributed by atoms with Gasteiger partial charge < -0.3 is 4.90 Å². The van der Waals surface area contributed by atoms with Crippen molar-refractivity contribution in [3.05, 3.63) is 163 Å². The molecule has 8 aromatic rings. The number of fused-ring (bicyclic) bond motifs is 3. The Bertz CT molecular complexity index is 2230. The molecule has 3 nitrogen and oxygen atoms in total. The van der Waals surface area contributed by atoms with Crippen LogP contribution in [0.25, 0.3) is 49.7 Å². The van der Waals surface area contributed by atoms with Crippen LogP contribution in [0.2, 0.25) is 0 Å². The Labute approximate surface area is 257 Å². The molecule has 0 aliphatic rings. The van der Waals surface area contributed by atoms with Crippen molar-refractivity contribution in [2.45, 2.75) is 6.92 Å². The Morgan fingerprint density at radius 3 is 1.64 bits per heavy atom. The second-order valence-corrected chi connectivity index (χ2v) is 11.3. The lowest BCUT2D eigenvalue weighted by Gasteiger charge is -2.29. The van der Waals surface area contributed by atoms with Crippen LogP contribution in [0.1, 0.15) is 5.56 Å². The molecule has 0 N–H and O–H groups in total. The lowest BCUT2D eigenvalue weighted by molar-refractivity contribution is -0.633. The van der Waals surface area contributed by atoms with Crippen molar-refractivity contribution in [2.75, 3.05) is 4.90 Å². The standard InChI is InChI=1S/C41H32N3/c1-29-34-19-9-11-21-36(34)40(37-22-12-10-20-35(29)37)43(31-15-5-3-6-16-31)33-27-25-30(26-28-33)41-42(2)38-23-13-14-24-39(38)44(41)32-17-7-4-8-18-32/h3-28H,1-2H3/q+1. The van der Waals surface area contributed by atoms with Gasteiger partial charge in [-0.1, -0.05) is 97.1 Å². The molecular weight excluding hydrogens is 534 g/mol. The van der Waals surface area contributed by atoms with Gasteiger partial charge in [0.05, 0.1) is 18.3 Å². The van der Waals surface area contributed by atoms with Crippen molar-refractivity contribution in [2.24, 2.45) is 7.05 Å². The van der Waals surface area contributed by atoms with E-state index in [1.165, 1.54) is 43.8 Å². The number of aromatic nitrogens is 2. The third kappa shape index (κ3) is 4.09. The first-order valence-corrected chi connectivity index (χ1v) is 15.1. The van der Waals surface area contributed by atoms with Crippen molar-refractivity contribution in [3.63, 3.8) is 0 Å². The highest BCUT2D eigenvalue weighted by Crippen LogP contribution is 2.45. The Kier molecular flexibility index (Phi) is 6.23. The van der Waals surface area contributed by atoms with Crippen LogP contribution in [0.5, 0.6) is 0 Å². The topological polar surface area (TPSA) is 12.1 Å². The summed E-state index contributed by atoms with van der Waals surface area (Å²) in [6.45, 7) is 2.24. The fourth-order valence-corrected chi connectivity index (χ4v) is 6.78. The smallest absolute Gasteiger partial charge is 0.294 e. The molecular formula is C41H32N3+. The number of anilines is 3. The predicted molar refractivity (Wildman–Crippen MR) is 184 cm³/mol. The summed E-state index contributed by atoms with van der Waals surface area (Å²) in [5.41, 5.74) is 9.43. The molecule has 7 aromatic carbocycles. The molecule has 0 aliphatic carbocycles. The third-order valence-corrected chi connectivity index (χ3v) is 8.82. The van der Waals surface area contributed by atoms with E-state index in [9.17, 15) is 0 Å². The fourth-order valence-electron chi connectivity index (χ4n) is 6.78. The van der Waals surface area contributed by atoms with Gasteiger partial charge in [0.1, 0.15) is 5.69 Å². The maximum atomic E-state index is 2.42. The minimum atomic E-state index is 1.11. The number of nitrogens with zero attached hydrogens (tertiary/aromatic N) is 3. The minimum Gasteiger partial charge on any atom is -0.309 e. The van der Waals surface area contributed by atoms with Crippen LogP contribution >= 0.6 is 0 Å². The van der Waals surface area contributed by atoms with Gasteiger partial charge in [-0.25, -0.2) is 4.57 Å². The molecule has 0 spiro atoms. The van der Waals surface area contributed by atoms with Crippen molar-refractivity contribution >= 4 is 49.6 Å². The van der Waals surface area contributed by atoms with Crippen LogP contribution in [-0.2, 0) is 7.05 Å². The zero-order chi connectivity index (χ0) is 29.6. The highest BCUT2D eigenvalue weighted by Gasteiger charge is 2.26. The van der Waals surface area contributed by atoms with Gasteiger partial charge in [0, 0.05) is 22.1 Å². The molecule has 0 radical (unpaired) electrons. The van der Waals surface area contributed by atoms with Gasteiger partial charge >= 0.3 is 0 Å². The van der Waals surface area contributed by atoms with Crippen molar-refractivity contribution in [1.29, 1.82) is 0 Å². The van der Waals surface area contributed by atoms with Gasteiger partial charge in [0.15, 0.2) is 11.0 Å². The van der Waals surface area contributed by atoms with E-state index in [2.05, 4.69) is 186 Å². The van der Waals surface area contributed by atoms with E-state index < -0.39 is 0 Å². The molecule has 0 unspecified atom stereocenters. The summed E-state index contributed by atoms with van der Waals surface area (Å²) >= 11 is 0. The Balaban J connectivity index is 1.36. The van der Waals surface area contributed by atoms with Gasteiger partial charge in [-0.15, -0.1) is 0 Å². The van der Waals surface area contributed by atoms with E-state index in [4.69, 9.17) is 0 Å². The predicted octanol–water partition coefficient (Wildman–Crippen LogP) is 10.2. The Morgan fingerprint density at radius 2 is 1.00 bits per heavy atom. The molecule has 0 fully saturated rings. The monoisotopic (exact) mass is 566 g/mol. The Hall–Kier alpha value is -5.67. The third-order valence-electron chi connectivity index (χ3n) is 8.82. The van der Waals surface area contributed by atoms with Crippen molar-refractivity contribution in [1.82, 2.24) is 4.57 Å². The van der Waals surface area contributed by atoms with Crippen LogP contribution in [0.4, 0.5) is 17.1 Å². The summed E-state index contributed by atoms with van der Waals surface area (Å²) in [7, 11) is 2.16. The van der Waals surface area contributed by atoms with Crippen LogP contribution in [0.3, 0.4) is 0 Å². The number of benzene rings is 7. The van der Waals surface area contributed by atoms with Crippen molar-refractivity contribution in [3.8, 4) is 17.1 Å². The average molecular weight is 567 g/mol. The zero-order valence-corrected chi connectivity index (χ0v) is 24.9. The van der Waals surface area contributed by atoms with Gasteiger partial charge in [0.2, 0.25) is 0 Å². The molecule has 0 bridgehead atoms. The maximum absolute atomic E-state index is 2.42. The van der Waals surface area contributed by atoms with Gasteiger partial charge in [0.25, 0.3) is 5.82 Å². The largest absolute Gasteiger partial charge is 0.309 e. The van der Waals surface area contributed by atoms with Crippen LogP contribution < -0.4 is 9.47 Å². The van der Waals surface area contributed by atoms with E-state index in [0.717, 1.165) is 28.5 Å². The number of rotatable bonds is 5. The summed E-state index contributed by atoms with van der Waals surface area (Å²) in [6, 6.07) is 56.6. The molecule has 0 aliphatic heterocycles. The molecule has 0 saturated carbocycles. The lowest BCUT2D eigenvalue weighted by Crippen LogP contribution is -2.30. The van der Waals surface area contributed by atoms with Gasteiger partial charge in [-0.3, -0.25) is 0 Å². The number of hydrogen-bond acceptors (Lipinski definition) is 1. The summed E-state index contributed by atoms with van der Waals surface area (Å²) in [4.78, 5) is 2.42. The summed E-state index contributed by atoms with van der Waals surface area (Å²) < 4.78 is 4.66. The van der Waals surface area contributed by atoms with E-state index in [-0.39, 0.29) is 0 Å². The number of imidazole rings is 1. The van der Waals surface area contributed by atoms with E-state index >= 15 is 0 Å². The quantitative estimate of drug-likeness (QED) is 0.149. The first kappa shape index (κ1) is 26.0.